The van der Waals surface area contributed by atoms with E-state index in [9.17, 15) is 4.39 Å². The first-order valence-corrected chi connectivity index (χ1v) is 7.89. The van der Waals surface area contributed by atoms with E-state index in [4.69, 9.17) is 0 Å². The summed E-state index contributed by atoms with van der Waals surface area (Å²) >= 11 is 4.35. The van der Waals surface area contributed by atoms with Crippen molar-refractivity contribution < 1.29 is 4.39 Å². The molecule has 0 atom stereocenters. The van der Waals surface area contributed by atoms with Crippen LogP contribution in [0.4, 0.5) is 4.39 Å². The number of aromatic nitrogens is 2. The van der Waals surface area contributed by atoms with Gasteiger partial charge in [-0.1, -0.05) is 6.42 Å². The summed E-state index contributed by atoms with van der Waals surface area (Å²) in [6.07, 6.45) is 3.95. The van der Waals surface area contributed by atoms with Crippen LogP contribution in [0.15, 0.2) is 18.2 Å². The second-order valence-corrected chi connectivity index (χ2v) is 5.69. The van der Waals surface area contributed by atoms with Gasteiger partial charge in [-0.05, 0) is 38.1 Å². The molecule has 1 fully saturated rings. The second-order valence-electron chi connectivity index (χ2n) is 5.37. The van der Waals surface area contributed by atoms with E-state index in [1.807, 2.05) is 6.07 Å². The van der Waals surface area contributed by atoms with Crippen molar-refractivity contribution in [2.45, 2.75) is 31.6 Å². The molecule has 3 nitrogen and oxygen atoms in total. The Kier molecular flexibility index (Phi) is 4.27. The van der Waals surface area contributed by atoms with Crippen LogP contribution in [0, 0.1) is 5.82 Å². The number of benzene rings is 1. The van der Waals surface area contributed by atoms with Crippen molar-refractivity contribution in [1.82, 2.24) is 14.5 Å². The topological polar surface area (TPSA) is 21.1 Å². The van der Waals surface area contributed by atoms with Crippen LogP contribution in [0.5, 0.6) is 0 Å². The zero-order chi connectivity index (χ0) is 13.9. The van der Waals surface area contributed by atoms with Crippen LogP contribution < -0.4 is 0 Å². The van der Waals surface area contributed by atoms with Crippen molar-refractivity contribution in [3.63, 3.8) is 0 Å². The van der Waals surface area contributed by atoms with E-state index in [1.54, 1.807) is 0 Å². The molecule has 0 N–H and O–H groups in total. The third-order valence-electron chi connectivity index (χ3n) is 4.02. The zero-order valence-electron chi connectivity index (χ0n) is 11.6. The first kappa shape index (κ1) is 13.9. The third-order valence-corrected chi connectivity index (χ3v) is 4.30. The summed E-state index contributed by atoms with van der Waals surface area (Å²) in [4.78, 5) is 6.98. The molecule has 0 aliphatic carbocycles. The smallest absolute Gasteiger partial charge is 0.125 e. The average Bonchev–Trinajstić information content (AvgIpc) is 2.83. The van der Waals surface area contributed by atoms with Crippen LogP contribution in [0.2, 0.25) is 0 Å². The highest BCUT2D eigenvalue weighted by Crippen LogP contribution is 2.19. The molecule has 20 heavy (non-hydrogen) atoms. The zero-order valence-corrected chi connectivity index (χ0v) is 12.5. The molecule has 2 aromatic rings. The Morgan fingerprint density at radius 1 is 1.15 bits per heavy atom. The molecule has 1 aromatic carbocycles. The molecule has 1 aliphatic rings. The SMILES string of the molecule is Fc1ccc2c(c1)nc(CS)n2CCN1CCCCC1. The van der Waals surface area contributed by atoms with E-state index < -0.39 is 0 Å². The molecule has 1 aliphatic heterocycles. The lowest BCUT2D eigenvalue weighted by Gasteiger charge is -2.26. The molecule has 2 heterocycles. The Hall–Kier alpha value is -1.07. The molecule has 0 spiro atoms. The van der Waals surface area contributed by atoms with Gasteiger partial charge in [-0.15, -0.1) is 0 Å². The molecule has 0 bridgehead atoms. The number of halogens is 1. The Balaban J connectivity index is 1.81. The third kappa shape index (κ3) is 2.83. The van der Waals surface area contributed by atoms with Crippen molar-refractivity contribution in [3.05, 3.63) is 29.8 Å². The van der Waals surface area contributed by atoms with E-state index in [-0.39, 0.29) is 5.82 Å². The predicted molar refractivity (Wildman–Crippen MR) is 82.7 cm³/mol. The van der Waals surface area contributed by atoms with Crippen molar-refractivity contribution in [1.29, 1.82) is 0 Å². The van der Waals surface area contributed by atoms with Crippen molar-refractivity contribution in [2.24, 2.45) is 0 Å². The molecule has 5 heteroatoms. The van der Waals surface area contributed by atoms with Gasteiger partial charge in [-0.3, -0.25) is 0 Å². The molecule has 0 saturated carbocycles. The van der Waals surface area contributed by atoms with Crippen LogP contribution in [-0.2, 0) is 12.3 Å². The average molecular weight is 293 g/mol. The van der Waals surface area contributed by atoms with E-state index >= 15 is 0 Å². The van der Waals surface area contributed by atoms with E-state index in [2.05, 4.69) is 27.1 Å². The first-order valence-electron chi connectivity index (χ1n) is 7.26. The second kappa shape index (κ2) is 6.14. The van der Waals surface area contributed by atoms with E-state index in [0.717, 1.165) is 29.9 Å². The predicted octanol–water partition coefficient (Wildman–Crippen LogP) is 3.09. The number of piperidine rings is 1. The van der Waals surface area contributed by atoms with Crippen LogP contribution in [-0.4, -0.2) is 34.1 Å². The number of hydrogen-bond acceptors (Lipinski definition) is 3. The van der Waals surface area contributed by atoms with Gasteiger partial charge in [0, 0.05) is 24.9 Å². The van der Waals surface area contributed by atoms with Gasteiger partial charge >= 0.3 is 0 Å². The van der Waals surface area contributed by atoms with Gasteiger partial charge in [0.15, 0.2) is 0 Å². The summed E-state index contributed by atoms with van der Waals surface area (Å²) in [7, 11) is 0. The summed E-state index contributed by atoms with van der Waals surface area (Å²) in [6, 6.07) is 4.82. The summed E-state index contributed by atoms with van der Waals surface area (Å²) < 4.78 is 15.5. The normalized spacial score (nSPS) is 16.9. The molecule has 1 saturated heterocycles. The summed E-state index contributed by atoms with van der Waals surface area (Å²) in [5.74, 6) is 1.27. The Morgan fingerprint density at radius 3 is 2.70 bits per heavy atom. The highest BCUT2D eigenvalue weighted by molar-refractivity contribution is 7.79. The molecule has 1 aromatic heterocycles. The highest BCUT2D eigenvalue weighted by atomic mass is 32.1. The fourth-order valence-electron chi connectivity index (χ4n) is 2.95. The Labute approximate surface area is 124 Å². The summed E-state index contributed by atoms with van der Waals surface area (Å²) in [5.41, 5.74) is 1.74. The van der Waals surface area contributed by atoms with Crippen molar-refractivity contribution in [3.8, 4) is 0 Å². The van der Waals surface area contributed by atoms with Crippen LogP contribution >= 0.6 is 12.6 Å². The number of thiol groups is 1. The van der Waals surface area contributed by atoms with Crippen molar-refractivity contribution in [2.75, 3.05) is 19.6 Å². The van der Waals surface area contributed by atoms with E-state index in [0.29, 0.717) is 5.75 Å². The van der Waals surface area contributed by atoms with Gasteiger partial charge in [-0.25, -0.2) is 9.37 Å². The van der Waals surface area contributed by atoms with Gasteiger partial charge in [0.25, 0.3) is 0 Å². The maximum atomic E-state index is 13.3. The molecule has 0 amide bonds. The monoisotopic (exact) mass is 293 g/mol. The minimum Gasteiger partial charge on any atom is -0.326 e. The standard InChI is InChI=1S/C15H20FN3S/c16-12-4-5-14-13(10-12)17-15(11-20)19(14)9-8-18-6-2-1-3-7-18/h4-5,10,20H,1-3,6-9,11H2. The van der Waals surface area contributed by atoms with Gasteiger partial charge in [0.2, 0.25) is 0 Å². The lowest BCUT2D eigenvalue weighted by Crippen LogP contribution is -2.32. The van der Waals surface area contributed by atoms with Crippen LogP contribution in [0.25, 0.3) is 11.0 Å². The summed E-state index contributed by atoms with van der Waals surface area (Å²) in [6.45, 7) is 4.32. The maximum Gasteiger partial charge on any atom is 0.125 e. The van der Waals surface area contributed by atoms with Gasteiger partial charge in [0.05, 0.1) is 11.0 Å². The molecule has 3 rings (SSSR count). The summed E-state index contributed by atoms with van der Waals surface area (Å²) in [5, 5.41) is 0. The number of imidazole rings is 1. The number of rotatable bonds is 4. The number of likely N-dealkylation sites (tertiary alicyclic amines) is 1. The molecular weight excluding hydrogens is 273 g/mol. The fraction of sp³-hybridized carbons (Fsp3) is 0.533. The number of fused-ring (bicyclic) bond motifs is 1. The van der Waals surface area contributed by atoms with Gasteiger partial charge in [-0.2, -0.15) is 12.6 Å². The largest absolute Gasteiger partial charge is 0.326 e. The molecular formula is C15H20FN3S. The minimum absolute atomic E-state index is 0.233. The molecule has 0 radical (unpaired) electrons. The Bertz CT molecular complexity index is 590. The maximum absolute atomic E-state index is 13.3. The van der Waals surface area contributed by atoms with Gasteiger partial charge < -0.3 is 9.47 Å². The highest BCUT2D eigenvalue weighted by Gasteiger charge is 2.13. The lowest BCUT2D eigenvalue weighted by molar-refractivity contribution is 0.221. The number of hydrogen-bond donors (Lipinski definition) is 1. The molecule has 108 valence electrons. The first-order chi connectivity index (χ1) is 9.78. The minimum atomic E-state index is -0.233. The van der Waals surface area contributed by atoms with Crippen LogP contribution in [0.3, 0.4) is 0 Å². The fourth-order valence-corrected chi connectivity index (χ4v) is 3.19. The van der Waals surface area contributed by atoms with Crippen molar-refractivity contribution >= 4 is 23.7 Å². The van der Waals surface area contributed by atoms with Gasteiger partial charge in [0.1, 0.15) is 11.6 Å². The van der Waals surface area contributed by atoms with Crippen LogP contribution in [0.1, 0.15) is 25.1 Å². The lowest BCUT2D eigenvalue weighted by atomic mass is 10.1. The number of nitrogens with zero attached hydrogens (tertiary/aromatic N) is 3. The Morgan fingerprint density at radius 2 is 1.95 bits per heavy atom. The van der Waals surface area contributed by atoms with E-state index in [1.165, 1.54) is 44.5 Å². The molecule has 0 unspecified atom stereocenters. The quantitative estimate of drug-likeness (QED) is 0.875.